The molecule has 24 heavy (non-hydrogen) atoms. The van der Waals surface area contributed by atoms with E-state index in [4.69, 9.17) is 0 Å². The minimum absolute atomic E-state index is 0.187. The van der Waals surface area contributed by atoms with Crippen LogP contribution < -0.4 is 4.74 Å². The number of benzene rings is 1. The molecule has 0 saturated carbocycles. The van der Waals surface area contributed by atoms with Crippen LogP contribution >= 0.6 is 0 Å². The smallest absolute Gasteiger partial charge is 0.406 e. The Morgan fingerprint density at radius 2 is 1.67 bits per heavy atom. The van der Waals surface area contributed by atoms with Crippen molar-refractivity contribution in [2.24, 2.45) is 0 Å². The van der Waals surface area contributed by atoms with Gasteiger partial charge in [-0.05, 0) is 43.4 Å². The number of fused-ring (bicyclic) bond motifs is 2. The van der Waals surface area contributed by atoms with Crippen molar-refractivity contribution < 1.29 is 31.4 Å². The molecule has 2 aliphatic rings. The highest BCUT2D eigenvalue weighted by atomic mass is 32.2. The lowest BCUT2D eigenvalue weighted by Gasteiger charge is -2.44. The molecule has 4 nitrogen and oxygen atoms in total. The Morgan fingerprint density at radius 1 is 1.12 bits per heavy atom. The van der Waals surface area contributed by atoms with Crippen molar-refractivity contribution in [3.05, 3.63) is 29.8 Å². The molecule has 2 bridgehead atoms. The third-order valence-electron chi connectivity index (χ3n) is 4.89. The maximum atomic E-state index is 12.3. The second-order valence-electron chi connectivity index (χ2n) is 6.77. The molecule has 8 heteroatoms. The number of aliphatic hydroxyl groups is 1. The van der Waals surface area contributed by atoms with Crippen molar-refractivity contribution in [1.82, 2.24) is 0 Å². The highest BCUT2D eigenvalue weighted by molar-refractivity contribution is 7.92. The number of alkyl halides is 3. The van der Waals surface area contributed by atoms with Crippen molar-refractivity contribution in [3.63, 3.8) is 0 Å². The second kappa shape index (κ2) is 5.91. The fourth-order valence-corrected chi connectivity index (χ4v) is 6.49. The summed E-state index contributed by atoms with van der Waals surface area (Å²) < 4.78 is 64.9. The first-order valence-electron chi connectivity index (χ1n) is 7.87. The van der Waals surface area contributed by atoms with Gasteiger partial charge in [-0.2, -0.15) is 0 Å². The first kappa shape index (κ1) is 17.5. The highest BCUT2D eigenvalue weighted by Crippen LogP contribution is 2.42. The van der Waals surface area contributed by atoms with Gasteiger partial charge in [-0.1, -0.05) is 18.6 Å². The molecule has 1 aromatic rings. The van der Waals surface area contributed by atoms with Gasteiger partial charge >= 0.3 is 6.36 Å². The summed E-state index contributed by atoms with van der Waals surface area (Å²) in [5, 5.41) is 9.82. The second-order valence-corrected chi connectivity index (χ2v) is 9.28. The van der Waals surface area contributed by atoms with Gasteiger partial charge in [0.05, 0.1) is 16.1 Å². The third kappa shape index (κ3) is 3.69. The van der Waals surface area contributed by atoms with Crippen molar-refractivity contribution in [3.8, 4) is 5.75 Å². The van der Waals surface area contributed by atoms with E-state index in [1.54, 1.807) is 0 Å². The summed E-state index contributed by atoms with van der Waals surface area (Å²) in [6, 6.07) is 5.34. The van der Waals surface area contributed by atoms with Crippen LogP contribution in [-0.2, 0) is 16.3 Å². The van der Waals surface area contributed by atoms with E-state index in [9.17, 15) is 26.7 Å². The van der Waals surface area contributed by atoms with E-state index in [2.05, 4.69) is 4.74 Å². The van der Waals surface area contributed by atoms with Gasteiger partial charge in [-0.3, -0.25) is 0 Å². The average Bonchev–Trinajstić information content (AvgIpc) is 2.42. The summed E-state index contributed by atoms with van der Waals surface area (Å²) in [6.45, 7) is 0. The lowest BCUT2D eigenvalue weighted by atomic mass is 9.81. The topological polar surface area (TPSA) is 63.6 Å². The maximum Gasteiger partial charge on any atom is 0.573 e. The Kier molecular flexibility index (Phi) is 4.32. The Balaban J connectivity index is 1.72. The van der Waals surface area contributed by atoms with E-state index in [0.29, 0.717) is 18.4 Å². The number of rotatable bonds is 3. The normalized spacial score (nSPS) is 32.3. The predicted molar refractivity (Wildman–Crippen MR) is 81.4 cm³/mol. The van der Waals surface area contributed by atoms with Gasteiger partial charge in [-0.15, -0.1) is 13.2 Å². The van der Waals surface area contributed by atoms with E-state index < -0.39 is 32.3 Å². The Bertz CT molecular complexity index is 677. The van der Waals surface area contributed by atoms with Crippen LogP contribution in [0.3, 0.4) is 0 Å². The molecule has 2 aliphatic heterocycles. The fraction of sp³-hybridized carbons (Fsp3) is 0.625. The van der Waals surface area contributed by atoms with Gasteiger partial charge in [0.1, 0.15) is 5.75 Å². The first-order valence-corrected chi connectivity index (χ1v) is 9.48. The van der Waals surface area contributed by atoms with Crippen LogP contribution in [0.1, 0.15) is 37.7 Å². The molecular weight excluding hydrogens is 345 g/mol. The van der Waals surface area contributed by atoms with E-state index in [1.165, 1.54) is 24.3 Å². The van der Waals surface area contributed by atoms with Gasteiger partial charge < -0.3 is 9.84 Å². The summed E-state index contributed by atoms with van der Waals surface area (Å²) in [4.78, 5) is 0. The van der Waals surface area contributed by atoms with Gasteiger partial charge in [0.25, 0.3) is 0 Å². The summed E-state index contributed by atoms with van der Waals surface area (Å²) >= 11 is 0. The van der Waals surface area contributed by atoms with E-state index in [-0.39, 0.29) is 25.0 Å². The van der Waals surface area contributed by atoms with Crippen molar-refractivity contribution >= 4 is 9.84 Å². The Hall–Kier alpha value is -1.28. The van der Waals surface area contributed by atoms with Crippen molar-refractivity contribution in [1.29, 1.82) is 0 Å². The summed E-state index contributed by atoms with van der Waals surface area (Å²) in [5.41, 5.74) is -0.475. The molecular formula is C16H19F3O4S. The summed E-state index contributed by atoms with van der Waals surface area (Å²) in [7, 11) is -3.16. The van der Waals surface area contributed by atoms with Gasteiger partial charge in [0, 0.05) is 6.42 Å². The molecule has 2 unspecified atom stereocenters. The molecule has 0 amide bonds. The molecule has 3 rings (SSSR count). The third-order valence-corrected chi connectivity index (χ3v) is 7.55. The molecule has 0 radical (unpaired) electrons. The molecule has 134 valence electrons. The predicted octanol–water partition coefficient (Wildman–Crippen LogP) is 2.99. The molecule has 2 atom stereocenters. The molecule has 1 N–H and O–H groups in total. The van der Waals surface area contributed by atoms with Crippen LogP contribution in [0.25, 0.3) is 0 Å². The van der Waals surface area contributed by atoms with E-state index in [0.717, 1.165) is 6.42 Å². The summed E-state index contributed by atoms with van der Waals surface area (Å²) in [6.07, 6.45) is -2.15. The van der Waals surface area contributed by atoms with Crippen LogP contribution in [0.15, 0.2) is 24.3 Å². The quantitative estimate of drug-likeness (QED) is 0.896. The zero-order chi connectivity index (χ0) is 17.6. The minimum atomic E-state index is -4.74. The first-order chi connectivity index (χ1) is 11.1. The van der Waals surface area contributed by atoms with E-state index in [1.807, 2.05) is 0 Å². The highest BCUT2D eigenvalue weighted by Gasteiger charge is 2.50. The number of halogens is 3. The number of sulfone groups is 1. The van der Waals surface area contributed by atoms with Crippen LogP contribution in [0.4, 0.5) is 13.2 Å². The average molecular weight is 364 g/mol. The van der Waals surface area contributed by atoms with Crippen molar-refractivity contribution in [2.75, 3.05) is 0 Å². The van der Waals surface area contributed by atoms with Crippen LogP contribution in [0.2, 0.25) is 0 Å². The molecule has 0 aliphatic carbocycles. The number of ether oxygens (including phenoxy) is 1. The van der Waals surface area contributed by atoms with Crippen molar-refractivity contribution in [2.45, 2.75) is 61.0 Å². The zero-order valence-electron chi connectivity index (χ0n) is 12.9. The van der Waals surface area contributed by atoms with E-state index >= 15 is 0 Å². The molecule has 0 aromatic heterocycles. The summed E-state index contributed by atoms with van der Waals surface area (Å²) in [5.74, 6) is -0.318. The lowest BCUT2D eigenvalue weighted by Crippen LogP contribution is -2.52. The molecule has 0 spiro atoms. The van der Waals surface area contributed by atoms with Gasteiger partial charge in [0.15, 0.2) is 9.84 Å². The Labute approximate surface area is 138 Å². The molecule has 2 saturated heterocycles. The van der Waals surface area contributed by atoms with Gasteiger partial charge in [-0.25, -0.2) is 8.42 Å². The van der Waals surface area contributed by atoms with Crippen LogP contribution in [0, 0.1) is 0 Å². The number of hydrogen-bond donors (Lipinski definition) is 1. The van der Waals surface area contributed by atoms with Gasteiger partial charge in [0.2, 0.25) is 0 Å². The number of hydrogen-bond acceptors (Lipinski definition) is 4. The van der Waals surface area contributed by atoms with Crippen LogP contribution in [-0.4, -0.2) is 36.0 Å². The standard InChI is InChI=1S/C16H19F3O4S/c17-16(18,19)23-12-6-4-11(5-7-12)8-15(20)9-13-2-1-3-14(10-15)24(13,21)22/h4-7,13-14,20H,1-3,8-10H2. The molecule has 1 aromatic carbocycles. The SMILES string of the molecule is O=S1(=O)C2CCCC1CC(O)(Cc1ccc(OC(F)(F)F)cc1)C2. The lowest BCUT2D eigenvalue weighted by molar-refractivity contribution is -0.274. The maximum absolute atomic E-state index is 12.3. The van der Waals surface area contributed by atoms with Crippen LogP contribution in [0.5, 0.6) is 5.75 Å². The molecule has 2 fully saturated rings. The fourth-order valence-electron chi connectivity index (χ4n) is 3.87. The monoisotopic (exact) mass is 364 g/mol. The Morgan fingerprint density at radius 3 is 2.17 bits per heavy atom. The largest absolute Gasteiger partial charge is 0.573 e. The zero-order valence-corrected chi connectivity index (χ0v) is 13.7. The minimum Gasteiger partial charge on any atom is -0.406 e. The molecule has 2 heterocycles.